The molecule has 0 saturated heterocycles. The van der Waals surface area contributed by atoms with Gasteiger partial charge in [-0.1, -0.05) is 29.8 Å². The first-order valence-corrected chi connectivity index (χ1v) is 7.26. The standard InChI is InChI=1S/C14H15NO3S/c1-10-6-8-12(9-7-10)19(17,18)15-13-5-3-4-11(2)14(13)16/h3-9,15-16H,1-2H3. The minimum atomic E-state index is -3.68. The third-order valence-electron chi connectivity index (χ3n) is 2.81. The summed E-state index contributed by atoms with van der Waals surface area (Å²) in [7, 11) is -3.68. The van der Waals surface area contributed by atoms with Gasteiger partial charge in [-0.3, -0.25) is 4.72 Å². The number of benzene rings is 2. The van der Waals surface area contributed by atoms with E-state index in [0.717, 1.165) is 5.56 Å². The number of aromatic hydroxyl groups is 1. The van der Waals surface area contributed by atoms with Gasteiger partial charge in [0, 0.05) is 0 Å². The van der Waals surface area contributed by atoms with Gasteiger partial charge in [-0.2, -0.15) is 0 Å². The van der Waals surface area contributed by atoms with Crippen molar-refractivity contribution in [2.24, 2.45) is 0 Å². The number of rotatable bonds is 3. The fourth-order valence-electron chi connectivity index (χ4n) is 1.66. The van der Waals surface area contributed by atoms with E-state index in [4.69, 9.17) is 0 Å². The molecule has 0 amide bonds. The van der Waals surface area contributed by atoms with Gasteiger partial charge in [0.25, 0.3) is 10.0 Å². The number of hydrogen-bond donors (Lipinski definition) is 2. The molecule has 0 aliphatic heterocycles. The van der Waals surface area contributed by atoms with Crippen LogP contribution in [-0.2, 0) is 10.0 Å². The second-order valence-electron chi connectivity index (χ2n) is 4.39. The van der Waals surface area contributed by atoms with Crippen molar-refractivity contribution in [1.29, 1.82) is 0 Å². The maximum absolute atomic E-state index is 12.2. The second kappa shape index (κ2) is 4.93. The van der Waals surface area contributed by atoms with E-state index in [1.54, 1.807) is 31.2 Å². The van der Waals surface area contributed by atoms with Crippen LogP contribution in [-0.4, -0.2) is 13.5 Å². The third kappa shape index (κ3) is 2.88. The lowest BCUT2D eigenvalue weighted by molar-refractivity contribution is 0.473. The van der Waals surface area contributed by atoms with Gasteiger partial charge in [0.1, 0.15) is 5.75 Å². The van der Waals surface area contributed by atoms with Gasteiger partial charge in [0.05, 0.1) is 10.6 Å². The van der Waals surface area contributed by atoms with E-state index in [0.29, 0.717) is 5.56 Å². The van der Waals surface area contributed by atoms with E-state index in [9.17, 15) is 13.5 Å². The zero-order valence-corrected chi connectivity index (χ0v) is 11.5. The molecule has 2 N–H and O–H groups in total. The van der Waals surface area contributed by atoms with Crippen LogP contribution < -0.4 is 4.72 Å². The molecule has 0 aliphatic carbocycles. The van der Waals surface area contributed by atoms with Gasteiger partial charge in [0.15, 0.2) is 0 Å². The predicted octanol–water partition coefficient (Wildman–Crippen LogP) is 2.81. The van der Waals surface area contributed by atoms with Crippen molar-refractivity contribution < 1.29 is 13.5 Å². The van der Waals surface area contributed by atoms with Crippen LogP contribution in [0.5, 0.6) is 5.75 Å². The fourth-order valence-corrected chi connectivity index (χ4v) is 2.73. The van der Waals surface area contributed by atoms with Crippen LogP contribution in [0.25, 0.3) is 0 Å². The van der Waals surface area contributed by atoms with Gasteiger partial charge in [-0.25, -0.2) is 8.42 Å². The van der Waals surface area contributed by atoms with E-state index >= 15 is 0 Å². The molecule has 5 heteroatoms. The Labute approximate surface area is 112 Å². The van der Waals surface area contributed by atoms with Gasteiger partial charge >= 0.3 is 0 Å². The van der Waals surface area contributed by atoms with Crippen LogP contribution in [0.1, 0.15) is 11.1 Å². The van der Waals surface area contributed by atoms with Crippen LogP contribution in [0.3, 0.4) is 0 Å². The molecule has 2 rings (SSSR count). The molecule has 0 unspecified atom stereocenters. The predicted molar refractivity (Wildman–Crippen MR) is 74.8 cm³/mol. The molecule has 2 aromatic rings. The Hall–Kier alpha value is -2.01. The molecule has 19 heavy (non-hydrogen) atoms. The number of aryl methyl sites for hydroxylation is 2. The molecule has 0 aliphatic rings. The average molecular weight is 277 g/mol. The SMILES string of the molecule is Cc1ccc(S(=O)(=O)Nc2cccc(C)c2O)cc1. The third-order valence-corrected chi connectivity index (χ3v) is 4.19. The highest BCUT2D eigenvalue weighted by Crippen LogP contribution is 2.28. The first-order valence-electron chi connectivity index (χ1n) is 5.78. The van der Waals surface area contributed by atoms with Crippen molar-refractivity contribution in [3.8, 4) is 5.75 Å². The molecular weight excluding hydrogens is 262 g/mol. The Bertz CT molecular complexity index is 691. The quantitative estimate of drug-likeness (QED) is 0.848. The van der Waals surface area contributed by atoms with Crippen LogP contribution in [0.4, 0.5) is 5.69 Å². The maximum atomic E-state index is 12.2. The van der Waals surface area contributed by atoms with Crippen LogP contribution in [0, 0.1) is 13.8 Å². The van der Waals surface area contributed by atoms with Gasteiger partial charge in [-0.15, -0.1) is 0 Å². The highest BCUT2D eigenvalue weighted by Gasteiger charge is 2.16. The van der Waals surface area contributed by atoms with Crippen molar-refractivity contribution >= 4 is 15.7 Å². The lowest BCUT2D eigenvalue weighted by atomic mass is 10.2. The minimum Gasteiger partial charge on any atom is -0.505 e. The molecule has 100 valence electrons. The summed E-state index contributed by atoms with van der Waals surface area (Å²) in [6.07, 6.45) is 0. The summed E-state index contributed by atoms with van der Waals surface area (Å²) in [5.41, 5.74) is 1.78. The van der Waals surface area contributed by atoms with Crippen LogP contribution in [0.15, 0.2) is 47.4 Å². The fraction of sp³-hybridized carbons (Fsp3) is 0.143. The van der Waals surface area contributed by atoms with Gasteiger partial charge in [-0.05, 0) is 37.6 Å². The Morgan fingerprint density at radius 2 is 1.63 bits per heavy atom. The summed E-state index contributed by atoms with van der Waals surface area (Å²) in [6.45, 7) is 3.59. The summed E-state index contributed by atoms with van der Waals surface area (Å²) in [4.78, 5) is 0.166. The molecule has 0 atom stereocenters. The number of para-hydroxylation sites is 1. The average Bonchev–Trinajstić information content (AvgIpc) is 2.35. The van der Waals surface area contributed by atoms with Crippen LogP contribution in [0.2, 0.25) is 0 Å². The molecule has 0 aromatic heterocycles. The normalized spacial score (nSPS) is 11.3. The largest absolute Gasteiger partial charge is 0.505 e. The summed E-state index contributed by atoms with van der Waals surface area (Å²) in [5, 5.41) is 9.82. The zero-order chi connectivity index (χ0) is 14.0. The molecule has 0 fully saturated rings. The summed E-state index contributed by atoms with van der Waals surface area (Å²) < 4.78 is 26.7. The Morgan fingerprint density at radius 1 is 1.00 bits per heavy atom. The van der Waals surface area contributed by atoms with Crippen molar-refractivity contribution in [3.63, 3.8) is 0 Å². The molecule has 0 bridgehead atoms. The van der Waals surface area contributed by atoms with Crippen molar-refractivity contribution in [2.45, 2.75) is 18.7 Å². The van der Waals surface area contributed by atoms with E-state index in [-0.39, 0.29) is 16.3 Å². The molecule has 2 aromatic carbocycles. The molecule has 4 nitrogen and oxygen atoms in total. The number of anilines is 1. The minimum absolute atomic E-state index is 0.0572. The smallest absolute Gasteiger partial charge is 0.262 e. The molecule has 0 heterocycles. The van der Waals surface area contributed by atoms with Gasteiger partial charge < -0.3 is 5.11 Å². The summed E-state index contributed by atoms with van der Waals surface area (Å²) >= 11 is 0. The van der Waals surface area contributed by atoms with Crippen molar-refractivity contribution in [1.82, 2.24) is 0 Å². The monoisotopic (exact) mass is 277 g/mol. The summed E-state index contributed by atoms with van der Waals surface area (Å²) in [6, 6.07) is 11.4. The lowest BCUT2D eigenvalue weighted by Gasteiger charge is -2.11. The van der Waals surface area contributed by atoms with E-state index < -0.39 is 10.0 Å². The Balaban J connectivity index is 2.36. The highest BCUT2D eigenvalue weighted by molar-refractivity contribution is 7.92. The zero-order valence-electron chi connectivity index (χ0n) is 10.7. The summed E-state index contributed by atoms with van der Waals surface area (Å²) in [5.74, 6) is -0.0572. The number of sulfonamides is 1. The Kier molecular flexibility index (Phi) is 3.48. The van der Waals surface area contributed by atoms with E-state index in [1.807, 2.05) is 6.92 Å². The van der Waals surface area contributed by atoms with Crippen LogP contribution >= 0.6 is 0 Å². The number of nitrogens with one attached hydrogen (secondary N) is 1. The highest BCUT2D eigenvalue weighted by atomic mass is 32.2. The molecule has 0 radical (unpaired) electrons. The Morgan fingerprint density at radius 3 is 2.26 bits per heavy atom. The second-order valence-corrected chi connectivity index (χ2v) is 6.07. The lowest BCUT2D eigenvalue weighted by Crippen LogP contribution is -2.13. The number of phenolic OH excluding ortho intramolecular Hbond substituents is 1. The molecule has 0 spiro atoms. The number of phenols is 1. The van der Waals surface area contributed by atoms with E-state index in [1.165, 1.54) is 18.2 Å². The maximum Gasteiger partial charge on any atom is 0.262 e. The first kappa shape index (κ1) is 13.4. The van der Waals surface area contributed by atoms with Crippen molar-refractivity contribution in [2.75, 3.05) is 4.72 Å². The topological polar surface area (TPSA) is 66.4 Å². The first-order chi connectivity index (χ1) is 8.90. The molecular formula is C14H15NO3S. The van der Waals surface area contributed by atoms with Crippen molar-refractivity contribution in [3.05, 3.63) is 53.6 Å². The van der Waals surface area contributed by atoms with E-state index in [2.05, 4.69) is 4.72 Å². The number of hydrogen-bond acceptors (Lipinski definition) is 3. The molecule has 0 saturated carbocycles. The van der Waals surface area contributed by atoms with Gasteiger partial charge in [0.2, 0.25) is 0 Å².